The van der Waals surface area contributed by atoms with Crippen molar-refractivity contribution in [2.24, 2.45) is 4.99 Å². The van der Waals surface area contributed by atoms with E-state index in [1.54, 1.807) is 17.9 Å². The van der Waals surface area contributed by atoms with Gasteiger partial charge < -0.3 is 19.7 Å². The number of likely N-dealkylation sites (tertiary alicyclic amines) is 1. The highest BCUT2D eigenvalue weighted by Gasteiger charge is 2.33. The van der Waals surface area contributed by atoms with Crippen LogP contribution in [-0.4, -0.2) is 54.4 Å². The SMILES string of the molecule is C=N/C(=C\C=C(/C)F)NC(=O)c1cc(OC2CN(C(=O)OCCC)C2)cc(C)n1. The molecule has 2 rings (SSSR count). The van der Waals surface area contributed by atoms with Gasteiger partial charge in [-0.05, 0) is 39.1 Å². The summed E-state index contributed by atoms with van der Waals surface area (Å²) in [5.41, 5.74) is 0.705. The molecule has 0 unspecified atom stereocenters. The van der Waals surface area contributed by atoms with E-state index in [2.05, 4.69) is 22.0 Å². The van der Waals surface area contributed by atoms with E-state index in [9.17, 15) is 14.0 Å². The summed E-state index contributed by atoms with van der Waals surface area (Å²) in [7, 11) is 0. The Labute approximate surface area is 169 Å². The van der Waals surface area contributed by atoms with Gasteiger partial charge in [0.2, 0.25) is 0 Å². The van der Waals surface area contributed by atoms with Crippen LogP contribution in [0.5, 0.6) is 5.75 Å². The molecule has 9 heteroatoms. The van der Waals surface area contributed by atoms with Gasteiger partial charge in [0.1, 0.15) is 23.4 Å². The van der Waals surface area contributed by atoms with Crippen LogP contribution in [0.2, 0.25) is 0 Å². The maximum atomic E-state index is 12.8. The standard InChI is InChI=1S/C20H25FN4O4/c1-5-8-28-20(27)25-11-16(12-25)29-15-9-14(3)23-17(10-15)19(26)24-18(22-4)7-6-13(2)21/h6-7,9-10,16H,4-5,8,11-12H2,1-3H3,(H,24,26)/b13-6+,18-7+. The van der Waals surface area contributed by atoms with Crippen LogP contribution in [0.15, 0.2) is 40.9 Å². The number of halogens is 1. The van der Waals surface area contributed by atoms with Crippen LogP contribution >= 0.6 is 0 Å². The number of nitrogens with zero attached hydrogens (tertiary/aromatic N) is 3. The number of allylic oxidation sites excluding steroid dienone is 3. The van der Waals surface area contributed by atoms with Gasteiger partial charge in [0, 0.05) is 17.8 Å². The quantitative estimate of drug-likeness (QED) is 0.531. The van der Waals surface area contributed by atoms with Crippen molar-refractivity contribution in [2.45, 2.75) is 33.3 Å². The van der Waals surface area contributed by atoms with E-state index in [1.807, 2.05) is 6.92 Å². The molecule has 0 saturated carbocycles. The number of aromatic nitrogens is 1. The van der Waals surface area contributed by atoms with Crippen molar-refractivity contribution < 1.29 is 23.5 Å². The van der Waals surface area contributed by atoms with Crippen LogP contribution in [0.1, 0.15) is 36.5 Å². The average Bonchev–Trinajstić information content (AvgIpc) is 2.64. The summed E-state index contributed by atoms with van der Waals surface area (Å²) in [5, 5.41) is 2.51. The molecule has 1 fully saturated rings. The van der Waals surface area contributed by atoms with Crippen molar-refractivity contribution in [2.75, 3.05) is 19.7 Å². The molecule has 1 aromatic heterocycles. The Hall–Kier alpha value is -3.23. The largest absolute Gasteiger partial charge is 0.487 e. The number of hydrogen-bond acceptors (Lipinski definition) is 6. The lowest BCUT2D eigenvalue weighted by molar-refractivity contribution is 0.0112. The number of ether oxygens (including phenoxy) is 2. The Morgan fingerprint density at radius 2 is 2.14 bits per heavy atom. The summed E-state index contributed by atoms with van der Waals surface area (Å²) >= 11 is 0. The zero-order valence-electron chi connectivity index (χ0n) is 16.8. The van der Waals surface area contributed by atoms with Crippen molar-refractivity contribution in [1.82, 2.24) is 15.2 Å². The molecule has 2 amide bonds. The Bertz CT molecular complexity index is 828. The molecule has 0 spiro atoms. The van der Waals surface area contributed by atoms with Crippen LogP contribution in [0.4, 0.5) is 9.18 Å². The first-order chi connectivity index (χ1) is 13.8. The minimum Gasteiger partial charge on any atom is -0.487 e. The van der Waals surface area contributed by atoms with Gasteiger partial charge in [-0.15, -0.1) is 0 Å². The van der Waals surface area contributed by atoms with E-state index in [-0.39, 0.29) is 23.7 Å². The second-order valence-electron chi connectivity index (χ2n) is 6.51. The molecule has 0 atom stereocenters. The lowest BCUT2D eigenvalue weighted by Crippen LogP contribution is -2.56. The Kier molecular flexibility index (Phi) is 7.88. The van der Waals surface area contributed by atoms with E-state index in [0.717, 1.165) is 12.5 Å². The second kappa shape index (κ2) is 10.4. The summed E-state index contributed by atoms with van der Waals surface area (Å²) in [6.45, 7) is 9.49. The fourth-order valence-electron chi connectivity index (χ4n) is 2.46. The molecule has 0 bridgehead atoms. The molecular weight excluding hydrogens is 379 g/mol. The van der Waals surface area contributed by atoms with Gasteiger partial charge in [-0.3, -0.25) is 4.79 Å². The zero-order valence-corrected chi connectivity index (χ0v) is 16.8. The third-order valence-corrected chi connectivity index (χ3v) is 3.88. The number of aliphatic imine (C=N–C) groups is 1. The fraction of sp³-hybridized carbons (Fsp3) is 0.400. The Morgan fingerprint density at radius 3 is 2.76 bits per heavy atom. The maximum absolute atomic E-state index is 12.8. The van der Waals surface area contributed by atoms with Gasteiger partial charge in [0.25, 0.3) is 5.91 Å². The molecule has 1 saturated heterocycles. The number of hydrogen-bond donors (Lipinski definition) is 1. The fourth-order valence-corrected chi connectivity index (χ4v) is 2.46. The summed E-state index contributed by atoms with van der Waals surface area (Å²) in [6.07, 6.45) is 2.68. The van der Waals surface area contributed by atoms with E-state index >= 15 is 0 Å². The highest BCUT2D eigenvalue weighted by atomic mass is 19.1. The highest BCUT2D eigenvalue weighted by molar-refractivity contribution is 5.93. The van der Waals surface area contributed by atoms with Crippen molar-refractivity contribution in [3.63, 3.8) is 0 Å². The molecule has 1 N–H and O–H groups in total. The van der Waals surface area contributed by atoms with Crippen molar-refractivity contribution in [3.05, 3.63) is 47.3 Å². The molecule has 29 heavy (non-hydrogen) atoms. The summed E-state index contributed by atoms with van der Waals surface area (Å²) < 4.78 is 23.7. The van der Waals surface area contributed by atoms with Crippen LogP contribution in [-0.2, 0) is 4.74 Å². The number of aryl methyl sites for hydroxylation is 1. The van der Waals surface area contributed by atoms with Gasteiger partial charge in [-0.1, -0.05) is 6.92 Å². The van der Waals surface area contributed by atoms with Crippen LogP contribution in [0, 0.1) is 6.92 Å². The minimum atomic E-state index is -0.527. The first kappa shape index (κ1) is 22.1. The average molecular weight is 404 g/mol. The van der Waals surface area contributed by atoms with Gasteiger partial charge >= 0.3 is 6.09 Å². The number of amides is 2. The van der Waals surface area contributed by atoms with Crippen molar-refractivity contribution in [3.8, 4) is 5.75 Å². The molecule has 2 heterocycles. The van der Waals surface area contributed by atoms with E-state index < -0.39 is 11.7 Å². The third kappa shape index (κ3) is 6.70. The van der Waals surface area contributed by atoms with Crippen LogP contribution < -0.4 is 10.1 Å². The highest BCUT2D eigenvalue weighted by Crippen LogP contribution is 2.20. The number of carbonyl (C=O) groups excluding carboxylic acids is 2. The molecule has 0 aromatic carbocycles. The van der Waals surface area contributed by atoms with Crippen molar-refractivity contribution in [1.29, 1.82) is 0 Å². The maximum Gasteiger partial charge on any atom is 0.410 e. The molecule has 1 aromatic rings. The van der Waals surface area contributed by atoms with Gasteiger partial charge in [0.15, 0.2) is 0 Å². The predicted octanol–water partition coefficient (Wildman–Crippen LogP) is 3.14. The Morgan fingerprint density at radius 1 is 1.41 bits per heavy atom. The van der Waals surface area contributed by atoms with Crippen LogP contribution in [0.25, 0.3) is 0 Å². The normalized spacial score (nSPS) is 14.8. The molecule has 0 radical (unpaired) electrons. The zero-order chi connectivity index (χ0) is 21.4. The summed E-state index contributed by atoms with van der Waals surface area (Å²) in [5.74, 6) is -0.401. The molecule has 0 aliphatic carbocycles. The van der Waals surface area contributed by atoms with Gasteiger partial charge in [-0.2, -0.15) is 0 Å². The van der Waals surface area contributed by atoms with E-state index in [1.165, 1.54) is 19.1 Å². The molecule has 1 aliphatic rings. The predicted molar refractivity (Wildman–Crippen MR) is 107 cm³/mol. The molecular formula is C20H25FN4O4. The minimum absolute atomic E-state index is 0.0954. The number of carbonyl (C=O) groups is 2. The van der Waals surface area contributed by atoms with E-state index in [0.29, 0.717) is 31.1 Å². The van der Waals surface area contributed by atoms with E-state index in [4.69, 9.17) is 9.47 Å². The third-order valence-electron chi connectivity index (χ3n) is 3.88. The molecule has 1 aliphatic heterocycles. The first-order valence-electron chi connectivity index (χ1n) is 9.21. The van der Waals surface area contributed by atoms with Gasteiger partial charge in [-0.25, -0.2) is 19.2 Å². The number of nitrogens with one attached hydrogen (secondary N) is 1. The summed E-state index contributed by atoms with van der Waals surface area (Å²) in [6, 6.07) is 3.20. The van der Waals surface area contributed by atoms with Crippen molar-refractivity contribution >= 4 is 18.7 Å². The second-order valence-corrected chi connectivity index (χ2v) is 6.51. The number of rotatable bonds is 8. The monoisotopic (exact) mass is 404 g/mol. The molecule has 156 valence electrons. The Balaban J connectivity index is 1.99. The first-order valence-corrected chi connectivity index (χ1v) is 9.21. The van der Waals surface area contributed by atoms with Crippen LogP contribution in [0.3, 0.4) is 0 Å². The lowest BCUT2D eigenvalue weighted by atomic mass is 10.2. The van der Waals surface area contributed by atoms with Gasteiger partial charge in [0.05, 0.1) is 25.5 Å². The smallest absolute Gasteiger partial charge is 0.410 e. The topological polar surface area (TPSA) is 93.1 Å². The molecule has 8 nitrogen and oxygen atoms in total. The number of pyridine rings is 1. The lowest BCUT2D eigenvalue weighted by Gasteiger charge is -2.38. The summed E-state index contributed by atoms with van der Waals surface area (Å²) in [4.78, 5) is 33.6.